The Balaban J connectivity index is 2.19. The maximum atomic E-state index is 8.92. The van der Waals surface area contributed by atoms with Gasteiger partial charge in [-0.05, 0) is 39.3 Å². The summed E-state index contributed by atoms with van der Waals surface area (Å²) in [6.45, 7) is 5.04. The number of nitriles is 1. The summed E-state index contributed by atoms with van der Waals surface area (Å²) in [6, 6.07) is 4.49. The van der Waals surface area contributed by atoms with Gasteiger partial charge in [-0.25, -0.2) is 4.98 Å². The molecule has 2 atom stereocenters. The minimum absolute atomic E-state index is 0.330. The van der Waals surface area contributed by atoms with Crippen molar-refractivity contribution in [2.45, 2.75) is 38.8 Å². The van der Waals surface area contributed by atoms with Crippen molar-refractivity contribution in [3.63, 3.8) is 0 Å². The summed E-state index contributed by atoms with van der Waals surface area (Å²) in [5.74, 6) is 0.675. The Labute approximate surface area is 112 Å². The third-order valence-corrected chi connectivity index (χ3v) is 3.66. The van der Waals surface area contributed by atoms with Crippen LogP contribution in [-0.4, -0.2) is 23.6 Å². The van der Waals surface area contributed by atoms with E-state index in [1.54, 1.807) is 6.07 Å². The molecule has 1 aliphatic rings. The van der Waals surface area contributed by atoms with Gasteiger partial charge in [0.25, 0.3) is 0 Å². The van der Waals surface area contributed by atoms with E-state index in [2.05, 4.69) is 28.6 Å². The Morgan fingerprint density at radius 2 is 2.39 bits per heavy atom. The summed E-state index contributed by atoms with van der Waals surface area (Å²) in [4.78, 5) is 4.38. The largest absolute Gasteiger partial charge is 0.365 e. The number of pyridine rings is 1. The van der Waals surface area contributed by atoms with Gasteiger partial charge in [0.05, 0.1) is 16.3 Å². The zero-order valence-corrected chi connectivity index (χ0v) is 11.4. The van der Waals surface area contributed by atoms with Crippen molar-refractivity contribution in [1.82, 2.24) is 10.3 Å². The quantitative estimate of drug-likeness (QED) is 0.862. The Bertz CT molecular complexity index is 481. The van der Waals surface area contributed by atoms with Crippen LogP contribution in [0.25, 0.3) is 0 Å². The highest BCUT2D eigenvalue weighted by atomic mass is 35.5. The molecule has 1 aromatic heterocycles. The normalized spacial score (nSPS) is 23.4. The van der Waals surface area contributed by atoms with Crippen molar-refractivity contribution in [3.8, 4) is 6.07 Å². The van der Waals surface area contributed by atoms with Crippen molar-refractivity contribution in [2.75, 3.05) is 11.9 Å². The zero-order valence-electron chi connectivity index (χ0n) is 10.6. The lowest BCUT2D eigenvalue weighted by atomic mass is 10.00. The van der Waals surface area contributed by atoms with Crippen LogP contribution in [0.5, 0.6) is 0 Å². The number of piperidine rings is 1. The summed E-state index contributed by atoms with van der Waals surface area (Å²) in [6.07, 6.45) is 2.25. The second kappa shape index (κ2) is 5.55. The molecule has 2 unspecified atom stereocenters. The molecular formula is C13H17ClN4. The summed E-state index contributed by atoms with van der Waals surface area (Å²) in [5, 5.41) is 16.2. The van der Waals surface area contributed by atoms with Crippen LogP contribution in [0, 0.1) is 18.3 Å². The fourth-order valence-corrected chi connectivity index (χ4v) is 2.42. The number of rotatable bonds is 2. The maximum Gasteiger partial charge on any atom is 0.145 e. The molecule has 4 nitrogen and oxygen atoms in total. The summed E-state index contributed by atoms with van der Waals surface area (Å²) < 4.78 is 0. The molecule has 0 aromatic carbocycles. The fraction of sp³-hybridized carbons (Fsp3) is 0.538. The first-order valence-corrected chi connectivity index (χ1v) is 6.56. The molecule has 2 N–H and O–H groups in total. The van der Waals surface area contributed by atoms with Crippen molar-refractivity contribution in [1.29, 1.82) is 5.26 Å². The van der Waals surface area contributed by atoms with Gasteiger partial charge in [0.2, 0.25) is 0 Å². The molecule has 0 saturated carbocycles. The van der Waals surface area contributed by atoms with E-state index in [1.165, 1.54) is 0 Å². The second-order valence-electron chi connectivity index (χ2n) is 4.70. The molecule has 0 amide bonds. The maximum absolute atomic E-state index is 8.92. The van der Waals surface area contributed by atoms with Crippen molar-refractivity contribution in [2.24, 2.45) is 0 Å². The monoisotopic (exact) mass is 264 g/mol. The molecule has 0 spiro atoms. The minimum atomic E-state index is 0.330. The Hall–Kier alpha value is -1.31. The van der Waals surface area contributed by atoms with E-state index < -0.39 is 0 Å². The van der Waals surface area contributed by atoms with Crippen LogP contribution in [0.4, 0.5) is 5.82 Å². The Kier molecular flexibility index (Phi) is 4.05. The van der Waals surface area contributed by atoms with Crippen LogP contribution in [0.15, 0.2) is 6.07 Å². The van der Waals surface area contributed by atoms with Gasteiger partial charge in [0.15, 0.2) is 0 Å². The minimum Gasteiger partial charge on any atom is -0.365 e. The lowest BCUT2D eigenvalue weighted by Crippen LogP contribution is -2.46. The van der Waals surface area contributed by atoms with Crippen LogP contribution in [0.2, 0.25) is 5.02 Å². The third-order valence-electron chi connectivity index (χ3n) is 3.37. The number of hydrogen-bond donors (Lipinski definition) is 2. The van der Waals surface area contributed by atoms with E-state index in [4.69, 9.17) is 16.9 Å². The number of halogens is 1. The van der Waals surface area contributed by atoms with Gasteiger partial charge in [-0.1, -0.05) is 11.6 Å². The lowest BCUT2D eigenvalue weighted by Gasteiger charge is -2.31. The van der Waals surface area contributed by atoms with Crippen molar-refractivity contribution in [3.05, 3.63) is 22.3 Å². The smallest absolute Gasteiger partial charge is 0.145 e. The molecular weight excluding hydrogens is 248 g/mol. The first-order valence-electron chi connectivity index (χ1n) is 6.19. The van der Waals surface area contributed by atoms with Crippen molar-refractivity contribution < 1.29 is 0 Å². The third kappa shape index (κ3) is 2.74. The molecule has 5 heteroatoms. The zero-order chi connectivity index (χ0) is 13.1. The van der Waals surface area contributed by atoms with Gasteiger partial charge in [-0.2, -0.15) is 5.26 Å². The molecule has 0 bridgehead atoms. The average Bonchev–Trinajstić information content (AvgIpc) is 2.36. The van der Waals surface area contributed by atoms with E-state index in [-0.39, 0.29) is 0 Å². The number of anilines is 1. The second-order valence-corrected chi connectivity index (χ2v) is 5.11. The predicted molar refractivity (Wildman–Crippen MR) is 72.8 cm³/mol. The van der Waals surface area contributed by atoms with Gasteiger partial charge in [-0.15, -0.1) is 0 Å². The molecule has 1 aromatic rings. The van der Waals surface area contributed by atoms with Gasteiger partial charge >= 0.3 is 0 Å². The number of hydrogen-bond acceptors (Lipinski definition) is 4. The van der Waals surface area contributed by atoms with E-state index >= 15 is 0 Å². The van der Waals surface area contributed by atoms with Gasteiger partial charge < -0.3 is 10.6 Å². The summed E-state index contributed by atoms with van der Waals surface area (Å²) >= 11 is 6.15. The summed E-state index contributed by atoms with van der Waals surface area (Å²) in [7, 11) is 0. The van der Waals surface area contributed by atoms with Crippen LogP contribution in [0.1, 0.15) is 31.0 Å². The standard InChI is InChI=1S/C13H17ClN4/c1-8-10(7-15)6-11(14)13(17-8)18-12-4-3-5-16-9(12)2/h6,9,12,16H,3-5H2,1-2H3,(H,17,18). The molecule has 2 heterocycles. The van der Waals surface area contributed by atoms with Crippen LogP contribution in [-0.2, 0) is 0 Å². The first-order chi connectivity index (χ1) is 8.61. The molecule has 1 aliphatic heterocycles. The Morgan fingerprint density at radius 1 is 1.61 bits per heavy atom. The van der Waals surface area contributed by atoms with Gasteiger partial charge in [0.1, 0.15) is 11.9 Å². The van der Waals surface area contributed by atoms with Crippen molar-refractivity contribution >= 4 is 17.4 Å². The van der Waals surface area contributed by atoms with Gasteiger partial charge in [0, 0.05) is 12.1 Å². The number of nitrogens with one attached hydrogen (secondary N) is 2. The summed E-state index contributed by atoms with van der Waals surface area (Å²) in [5.41, 5.74) is 1.24. The molecule has 1 fully saturated rings. The number of nitrogens with zero attached hydrogens (tertiary/aromatic N) is 2. The average molecular weight is 265 g/mol. The molecule has 0 aliphatic carbocycles. The highest BCUT2D eigenvalue weighted by molar-refractivity contribution is 6.33. The van der Waals surface area contributed by atoms with Crippen LogP contribution < -0.4 is 10.6 Å². The molecule has 96 valence electrons. The van der Waals surface area contributed by atoms with Gasteiger partial charge in [-0.3, -0.25) is 0 Å². The predicted octanol–water partition coefficient (Wildman–Crippen LogP) is 2.47. The number of aromatic nitrogens is 1. The van der Waals surface area contributed by atoms with E-state index in [0.29, 0.717) is 34.2 Å². The molecule has 0 radical (unpaired) electrons. The number of aryl methyl sites for hydroxylation is 1. The van der Waals surface area contributed by atoms with Crippen LogP contribution >= 0.6 is 11.6 Å². The molecule has 2 rings (SSSR count). The Morgan fingerprint density at radius 3 is 3.06 bits per heavy atom. The topological polar surface area (TPSA) is 60.7 Å². The van der Waals surface area contributed by atoms with E-state index in [9.17, 15) is 0 Å². The van der Waals surface area contributed by atoms with Crippen LogP contribution in [0.3, 0.4) is 0 Å². The highest BCUT2D eigenvalue weighted by Crippen LogP contribution is 2.24. The lowest BCUT2D eigenvalue weighted by molar-refractivity contribution is 0.389. The fourth-order valence-electron chi connectivity index (χ4n) is 2.21. The first kappa shape index (κ1) is 13.1. The highest BCUT2D eigenvalue weighted by Gasteiger charge is 2.22. The molecule has 1 saturated heterocycles. The van der Waals surface area contributed by atoms with E-state index in [1.807, 2.05) is 6.92 Å². The molecule has 18 heavy (non-hydrogen) atoms. The SMILES string of the molecule is Cc1nc(NC2CCCNC2C)c(Cl)cc1C#N. The van der Waals surface area contributed by atoms with E-state index in [0.717, 1.165) is 19.4 Å².